The number of phenolic OH excluding ortho intramolecular Hbond substituents is 1. The van der Waals surface area contributed by atoms with Gasteiger partial charge in [-0.3, -0.25) is 0 Å². The second-order valence-corrected chi connectivity index (χ2v) is 7.63. The number of aromatic hydroxyl groups is 1. The van der Waals surface area contributed by atoms with Gasteiger partial charge in [0.15, 0.2) is 23.0 Å². The van der Waals surface area contributed by atoms with Crippen molar-refractivity contribution in [2.24, 2.45) is 0 Å². The van der Waals surface area contributed by atoms with E-state index in [1.165, 1.54) is 0 Å². The predicted molar refractivity (Wildman–Crippen MR) is 122 cm³/mol. The molecule has 1 N–H and O–H groups in total. The molecule has 3 aromatic rings. The fraction of sp³-hybridized carbons (Fsp3) is 0.308. The van der Waals surface area contributed by atoms with Gasteiger partial charge in [0, 0.05) is 11.5 Å². The Balaban J connectivity index is 2.09. The van der Waals surface area contributed by atoms with Gasteiger partial charge in [-0.15, -0.1) is 0 Å². The molecule has 0 fully saturated rings. The van der Waals surface area contributed by atoms with Crippen molar-refractivity contribution < 1.29 is 24.1 Å². The van der Waals surface area contributed by atoms with Crippen molar-refractivity contribution in [1.29, 1.82) is 0 Å². The fourth-order valence-corrected chi connectivity index (χ4v) is 3.81. The van der Waals surface area contributed by atoms with Crippen molar-refractivity contribution in [2.45, 2.75) is 32.8 Å². The molecule has 5 nitrogen and oxygen atoms in total. The second kappa shape index (κ2) is 9.65. The first-order chi connectivity index (χ1) is 14.9. The lowest BCUT2D eigenvalue weighted by Gasteiger charge is -2.28. The van der Waals surface area contributed by atoms with Gasteiger partial charge in [-0.05, 0) is 62.2 Å². The van der Waals surface area contributed by atoms with Crippen LogP contribution in [0.2, 0.25) is 0 Å². The molecule has 5 heteroatoms. The Labute approximate surface area is 184 Å². The van der Waals surface area contributed by atoms with Gasteiger partial charge in [0.25, 0.3) is 0 Å². The van der Waals surface area contributed by atoms with Crippen LogP contribution in [-0.4, -0.2) is 32.5 Å². The topological polar surface area (TPSA) is 57.2 Å². The maximum Gasteiger partial charge on any atom is 0.161 e. The maximum absolute atomic E-state index is 10.7. The molecule has 31 heavy (non-hydrogen) atoms. The molecule has 0 amide bonds. The van der Waals surface area contributed by atoms with Crippen LogP contribution in [0.15, 0.2) is 54.6 Å². The molecule has 0 saturated heterocycles. The molecule has 0 heterocycles. The maximum atomic E-state index is 10.7. The van der Waals surface area contributed by atoms with Crippen molar-refractivity contribution in [1.82, 2.24) is 0 Å². The van der Waals surface area contributed by atoms with E-state index in [4.69, 9.17) is 18.9 Å². The van der Waals surface area contributed by atoms with E-state index < -0.39 is 0 Å². The van der Waals surface area contributed by atoms with Crippen LogP contribution in [0.3, 0.4) is 0 Å². The number of phenols is 1. The minimum absolute atomic E-state index is 0.219. The van der Waals surface area contributed by atoms with Gasteiger partial charge >= 0.3 is 0 Å². The lowest BCUT2D eigenvalue weighted by molar-refractivity contribution is 0.192. The smallest absolute Gasteiger partial charge is 0.161 e. The van der Waals surface area contributed by atoms with Crippen LogP contribution in [-0.2, 0) is 0 Å². The van der Waals surface area contributed by atoms with E-state index in [0.717, 1.165) is 22.3 Å². The van der Waals surface area contributed by atoms with Crippen LogP contribution in [0.5, 0.6) is 28.7 Å². The third-order valence-electron chi connectivity index (χ3n) is 5.39. The highest BCUT2D eigenvalue weighted by Crippen LogP contribution is 2.40. The highest BCUT2D eigenvalue weighted by atomic mass is 16.5. The molecule has 0 aliphatic carbocycles. The summed E-state index contributed by atoms with van der Waals surface area (Å²) < 4.78 is 22.8. The molecule has 3 aromatic carbocycles. The summed E-state index contributed by atoms with van der Waals surface area (Å²) in [5.41, 5.74) is 3.87. The van der Waals surface area contributed by atoms with Gasteiger partial charge in [0.2, 0.25) is 0 Å². The molecule has 2 atom stereocenters. The Kier molecular flexibility index (Phi) is 6.95. The Bertz CT molecular complexity index is 1040. The van der Waals surface area contributed by atoms with E-state index in [1.54, 1.807) is 27.4 Å². The molecule has 0 aliphatic heterocycles. The summed E-state index contributed by atoms with van der Waals surface area (Å²) in [7, 11) is 4.85. The molecule has 0 spiro atoms. The Morgan fingerprint density at radius 2 is 1.26 bits per heavy atom. The minimum atomic E-state index is -0.317. The summed E-state index contributed by atoms with van der Waals surface area (Å²) in [4.78, 5) is 0. The molecule has 164 valence electrons. The SMILES string of the molecule is COc1ccc(C(c2cc(C)ccc2O)C(C)Oc2ccc(C)cc2OC)cc1OC. The summed E-state index contributed by atoms with van der Waals surface area (Å²) in [6.07, 6.45) is -0.317. The van der Waals surface area contributed by atoms with E-state index in [9.17, 15) is 5.11 Å². The number of rotatable bonds is 8. The van der Waals surface area contributed by atoms with Crippen LogP contribution in [0.4, 0.5) is 0 Å². The Morgan fingerprint density at radius 1 is 0.677 bits per heavy atom. The van der Waals surface area contributed by atoms with Crippen molar-refractivity contribution >= 4 is 0 Å². The average molecular weight is 423 g/mol. The molecule has 0 saturated carbocycles. The van der Waals surface area contributed by atoms with Crippen molar-refractivity contribution in [3.63, 3.8) is 0 Å². The number of methoxy groups -OCH3 is 3. The number of aryl methyl sites for hydroxylation is 2. The summed E-state index contributed by atoms with van der Waals surface area (Å²) in [6, 6.07) is 17.2. The molecule has 0 radical (unpaired) electrons. The zero-order chi connectivity index (χ0) is 22.5. The summed E-state index contributed by atoms with van der Waals surface area (Å²) in [5.74, 6) is 2.55. The number of benzene rings is 3. The highest BCUT2D eigenvalue weighted by Gasteiger charge is 2.28. The first kappa shape index (κ1) is 22.3. The van der Waals surface area contributed by atoms with Crippen molar-refractivity contribution in [3.05, 3.63) is 76.9 Å². The third-order valence-corrected chi connectivity index (χ3v) is 5.39. The first-order valence-electron chi connectivity index (χ1n) is 10.2. The van der Waals surface area contributed by atoms with E-state index in [0.29, 0.717) is 23.0 Å². The summed E-state index contributed by atoms with van der Waals surface area (Å²) in [6.45, 7) is 6.00. The Morgan fingerprint density at radius 3 is 1.94 bits per heavy atom. The number of hydrogen-bond donors (Lipinski definition) is 1. The number of ether oxygens (including phenoxy) is 4. The van der Waals surface area contributed by atoms with E-state index in [1.807, 2.05) is 69.3 Å². The van der Waals surface area contributed by atoms with Crippen molar-refractivity contribution in [3.8, 4) is 28.7 Å². The third kappa shape index (κ3) is 4.88. The van der Waals surface area contributed by atoms with Crippen LogP contribution in [0.1, 0.15) is 35.1 Å². The first-order valence-corrected chi connectivity index (χ1v) is 10.2. The van der Waals surface area contributed by atoms with Gasteiger partial charge in [0.1, 0.15) is 11.9 Å². The standard InChI is InChI=1S/C26H30O5/c1-16-7-10-21(27)20(13-16)26(19-9-12-22(28-4)25(15-19)30-6)18(3)31-23-11-8-17(2)14-24(23)29-5/h7-15,18,26-27H,1-6H3. The lowest BCUT2D eigenvalue weighted by Crippen LogP contribution is -2.23. The van der Waals surface area contributed by atoms with Crippen LogP contribution in [0.25, 0.3) is 0 Å². The van der Waals surface area contributed by atoms with Gasteiger partial charge < -0.3 is 24.1 Å². The number of hydrogen-bond acceptors (Lipinski definition) is 5. The molecule has 3 rings (SSSR count). The quantitative estimate of drug-likeness (QED) is 0.509. The predicted octanol–water partition coefficient (Wildman–Crippen LogP) is 5.63. The van der Waals surface area contributed by atoms with Crippen LogP contribution >= 0.6 is 0 Å². The second-order valence-electron chi connectivity index (χ2n) is 7.63. The minimum Gasteiger partial charge on any atom is -0.508 e. The largest absolute Gasteiger partial charge is 0.508 e. The van der Waals surface area contributed by atoms with Gasteiger partial charge in [0.05, 0.1) is 21.3 Å². The molecular weight excluding hydrogens is 392 g/mol. The Hall–Kier alpha value is -3.34. The van der Waals surface area contributed by atoms with E-state index in [2.05, 4.69) is 0 Å². The van der Waals surface area contributed by atoms with Crippen LogP contribution in [0, 0.1) is 13.8 Å². The molecule has 2 unspecified atom stereocenters. The normalized spacial score (nSPS) is 12.7. The molecular formula is C26H30O5. The monoisotopic (exact) mass is 422 g/mol. The zero-order valence-electron chi connectivity index (χ0n) is 18.9. The van der Waals surface area contributed by atoms with Gasteiger partial charge in [-0.2, -0.15) is 0 Å². The lowest BCUT2D eigenvalue weighted by atomic mass is 9.85. The highest BCUT2D eigenvalue weighted by molar-refractivity contribution is 5.50. The van der Waals surface area contributed by atoms with Crippen LogP contribution < -0.4 is 18.9 Å². The van der Waals surface area contributed by atoms with Gasteiger partial charge in [-0.25, -0.2) is 0 Å². The summed E-state index contributed by atoms with van der Waals surface area (Å²) >= 11 is 0. The average Bonchev–Trinajstić information content (AvgIpc) is 2.77. The molecule has 0 bridgehead atoms. The summed E-state index contributed by atoms with van der Waals surface area (Å²) in [5, 5.41) is 10.7. The fourth-order valence-electron chi connectivity index (χ4n) is 3.81. The van der Waals surface area contributed by atoms with E-state index >= 15 is 0 Å². The molecule has 0 aromatic heterocycles. The van der Waals surface area contributed by atoms with Crippen molar-refractivity contribution in [2.75, 3.05) is 21.3 Å². The van der Waals surface area contributed by atoms with E-state index in [-0.39, 0.29) is 17.8 Å². The molecule has 0 aliphatic rings. The zero-order valence-corrected chi connectivity index (χ0v) is 18.9. The van der Waals surface area contributed by atoms with Gasteiger partial charge in [-0.1, -0.05) is 29.8 Å².